The number of hydrogen-bond donors (Lipinski definition) is 1. The molecule has 2 atom stereocenters. The Balaban J connectivity index is 1.28. The minimum atomic E-state index is -0.931. The van der Waals surface area contributed by atoms with Gasteiger partial charge in [0.05, 0.1) is 143 Å². The van der Waals surface area contributed by atoms with Gasteiger partial charge in [-0.15, -0.1) is 16.9 Å². The highest BCUT2D eigenvalue weighted by atomic mass is 32.2. The van der Waals surface area contributed by atoms with E-state index in [9.17, 15) is 14.4 Å². The first-order valence-electron chi connectivity index (χ1n) is 18.3. The maximum absolute atomic E-state index is 12.7. The molecule has 2 amide bonds. The zero-order valence-corrected chi connectivity index (χ0v) is 32.9. The summed E-state index contributed by atoms with van der Waals surface area (Å²) in [5.74, 6) is -1.89. The van der Waals surface area contributed by atoms with Crippen molar-refractivity contribution >= 4 is 29.5 Å². The van der Waals surface area contributed by atoms with Crippen LogP contribution in [-0.2, 0) is 70.1 Å². The molecule has 2 rings (SSSR count). The maximum atomic E-state index is 12.7. The summed E-state index contributed by atoms with van der Waals surface area (Å²) in [5, 5.41) is 16.5. The minimum absolute atomic E-state index is 0.0292. The number of thioether (sulfide) groups is 1. The first kappa shape index (κ1) is 46.9. The zero-order chi connectivity index (χ0) is 38.6. The molecule has 1 aliphatic heterocycles. The molecule has 1 saturated heterocycles. The summed E-state index contributed by atoms with van der Waals surface area (Å²) < 4.78 is 51.2. The van der Waals surface area contributed by atoms with Crippen LogP contribution in [0.5, 0.6) is 0 Å². The molecule has 1 N–H and O–H groups in total. The standard InChI is InChI=1S/C35H62N4O13S/c1-29(34(42)43)28-53-31-25-32(40)39(33(31)41)27-30-26-38(37-36-30)6-8-45-10-12-47-14-16-49-18-20-51-22-24-52-23-21-50-19-17-48-15-13-46-11-9-44-7-5-35(2,3)4/h26,29,31H,5-25,27-28H2,1-4H3,(H,42,43). The number of ether oxygens (including phenoxy) is 9. The van der Waals surface area contributed by atoms with Crippen molar-refractivity contribution in [3.8, 4) is 0 Å². The van der Waals surface area contributed by atoms with Gasteiger partial charge in [-0.05, 0) is 11.8 Å². The fraction of sp³-hybridized carbons (Fsp3) is 0.857. The van der Waals surface area contributed by atoms with E-state index >= 15 is 0 Å². The van der Waals surface area contributed by atoms with Crippen molar-refractivity contribution in [2.75, 3.05) is 125 Å². The summed E-state index contributed by atoms with van der Waals surface area (Å²) in [5.41, 5.74) is 0.776. The van der Waals surface area contributed by atoms with E-state index in [0.717, 1.165) is 17.9 Å². The molecule has 306 valence electrons. The molecule has 2 heterocycles. The molecule has 1 aromatic heterocycles. The predicted octanol–water partition coefficient (Wildman–Crippen LogP) is 1.95. The van der Waals surface area contributed by atoms with Gasteiger partial charge >= 0.3 is 5.97 Å². The second-order valence-corrected chi connectivity index (χ2v) is 14.6. The van der Waals surface area contributed by atoms with Crippen LogP contribution in [0.25, 0.3) is 0 Å². The summed E-state index contributed by atoms with van der Waals surface area (Å²) >= 11 is 1.20. The third kappa shape index (κ3) is 24.0. The van der Waals surface area contributed by atoms with Gasteiger partial charge in [-0.2, -0.15) is 0 Å². The normalized spacial score (nSPS) is 15.5. The number of aromatic nitrogens is 3. The molecule has 0 radical (unpaired) electrons. The number of nitrogens with zero attached hydrogens (tertiary/aromatic N) is 4. The Morgan fingerprint density at radius 2 is 1.17 bits per heavy atom. The average molecular weight is 779 g/mol. The van der Waals surface area contributed by atoms with E-state index in [2.05, 4.69) is 31.1 Å². The molecular formula is C35H62N4O13S. The van der Waals surface area contributed by atoms with Crippen molar-refractivity contribution in [3.63, 3.8) is 0 Å². The van der Waals surface area contributed by atoms with Crippen LogP contribution in [0.1, 0.15) is 46.2 Å². The molecule has 0 saturated carbocycles. The quantitative estimate of drug-likeness (QED) is 0.0777. The Morgan fingerprint density at radius 3 is 1.58 bits per heavy atom. The van der Waals surface area contributed by atoms with Crippen LogP contribution in [0.4, 0.5) is 0 Å². The third-order valence-electron chi connectivity index (χ3n) is 7.51. The van der Waals surface area contributed by atoms with Crippen LogP contribution < -0.4 is 0 Å². The number of likely N-dealkylation sites (tertiary alicyclic amines) is 1. The number of carboxylic acid groups (broad SMARTS) is 1. The van der Waals surface area contributed by atoms with Gasteiger partial charge in [0.2, 0.25) is 11.8 Å². The highest BCUT2D eigenvalue weighted by Crippen LogP contribution is 2.27. The Morgan fingerprint density at radius 1 is 0.755 bits per heavy atom. The smallest absolute Gasteiger partial charge is 0.307 e. The number of carbonyl (C=O) groups excluding carboxylic acids is 2. The number of amides is 2. The SMILES string of the molecule is CC(CSC1CC(=O)N(Cc2cn(CCOCCOCCOCCOCCOCCOCCOCCOCCOCCC(C)(C)C)nn2)C1=O)C(=O)O. The zero-order valence-electron chi connectivity index (χ0n) is 32.0. The van der Waals surface area contributed by atoms with Crippen LogP contribution in [0.2, 0.25) is 0 Å². The van der Waals surface area contributed by atoms with E-state index in [0.29, 0.717) is 130 Å². The van der Waals surface area contributed by atoms with E-state index in [-0.39, 0.29) is 30.5 Å². The molecule has 18 heteroatoms. The Kier molecular flexibility index (Phi) is 25.7. The lowest BCUT2D eigenvalue weighted by atomic mass is 9.93. The van der Waals surface area contributed by atoms with Gasteiger partial charge in [-0.25, -0.2) is 4.68 Å². The maximum Gasteiger partial charge on any atom is 0.307 e. The highest BCUT2D eigenvalue weighted by molar-refractivity contribution is 8.00. The van der Waals surface area contributed by atoms with E-state index in [1.165, 1.54) is 11.8 Å². The second kappa shape index (κ2) is 29.1. The van der Waals surface area contributed by atoms with Crippen molar-refractivity contribution in [2.24, 2.45) is 11.3 Å². The van der Waals surface area contributed by atoms with Crippen LogP contribution in [0.3, 0.4) is 0 Å². The van der Waals surface area contributed by atoms with Crippen LogP contribution >= 0.6 is 11.8 Å². The second-order valence-electron chi connectivity index (χ2n) is 13.4. The van der Waals surface area contributed by atoms with Crippen molar-refractivity contribution in [1.29, 1.82) is 0 Å². The molecule has 1 aromatic rings. The fourth-order valence-electron chi connectivity index (χ4n) is 4.36. The van der Waals surface area contributed by atoms with Crippen molar-refractivity contribution in [3.05, 3.63) is 11.9 Å². The van der Waals surface area contributed by atoms with Crippen LogP contribution in [0.15, 0.2) is 6.20 Å². The number of imide groups is 1. The topological polar surface area (TPSA) is 188 Å². The molecular weight excluding hydrogens is 716 g/mol. The molecule has 1 aliphatic rings. The van der Waals surface area contributed by atoms with E-state index in [1.54, 1.807) is 17.8 Å². The molecule has 53 heavy (non-hydrogen) atoms. The van der Waals surface area contributed by atoms with Crippen molar-refractivity contribution in [2.45, 2.75) is 58.9 Å². The van der Waals surface area contributed by atoms with Crippen LogP contribution in [-0.4, -0.2) is 173 Å². The van der Waals surface area contributed by atoms with E-state index in [4.69, 9.17) is 47.7 Å². The number of hydrogen-bond acceptors (Lipinski definition) is 15. The summed E-state index contributed by atoms with van der Waals surface area (Å²) in [7, 11) is 0. The van der Waals surface area contributed by atoms with Crippen molar-refractivity contribution in [1.82, 2.24) is 19.9 Å². The monoisotopic (exact) mass is 778 g/mol. The first-order valence-corrected chi connectivity index (χ1v) is 19.4. The predicted molar refractivity (Wildman–Crippen MR) is 195 cm³/mol. The van der Waals surface area contributed by atoms with E-state index in [1.807, 2.05) is 0 Å². The molecule has 0 spiro atoms. The van der Waals surface area contributed by atoms with E-state index < -0.39 is 17.1 Å². The van der Waals surface area contributed by atoms with Gasteiger partial charge in [0.1, 0.15) is 5.69 Å². The summed E-state index contributed by atoms with van der Waals surface area (Å²) in [6, 6.07) is 0. The van der Waals surface area contributed by atoms with Gasteiger partial charge in [0, 0.05) is 18.8 Å². The Bertz CT molecular complexity index is 1120. The number of rotatable bonds is 35. The number of carbonyl (C=O) groups is 3. The first-order chi connectivity index (χ1) is 25.6. The van der Waals surface area contributed by atoms with Crippen molar-refractivity contribution < 1.29 is 62.1 Å². The lowest BCUT2D eigenvalue weighted by molar-refractivity contribution is -0.141. The van der Waals surface area contributed by atoms with Gasteiger partial charge < -0.3 is 47.7 Å². The van der Waals surface area contributed by atoms with Gasteiger partial charge in [0.25, 0.3) is 0 Å². The Labute approximate surface area is 317 Å². The summed E-state index contributed by atoms with van der Waals surface area (Å²) in [6.45, 7) is 17.7. The van der Waals surface area contributed by atoms with Crippen LogP contribution in [0, 0.1) is 11.3 Å². The van der Waals surface area contributed by atoms with Gasteiger partial charge in [-0.1, -0.05) is 32.9 Å². The molecule has 2 unspecified atom stereocenters. The Hall–Kier alpha value is -2.26. The van der Waals surface area contributed by atoms with Gasteiger partial charge in [0.15, 0.2) is 0 Å². The lowest BCUT2D eigenvalue weighted by Gasteiger charge is -2.17. The molecule has 0 aromatic carbocycles. The third-order valence-corrected chi connectivity index (χ3v) is 8.98. The van der Waals surface area contributed by atoms with Gasteiger partial charge in [-0.3, -0.25) is 19.3 Å². The molecule has 0 bridgehead atoms. The number of carboxylic acids is 1. The highest BCUT2D eigenvalue weighted by Gasteiger charge is 2.39. The largest absolute Gasteiger partial charge is 0.481 e. The average Bonchev–Trinajstić information content (AvgIpc) is 3.68. The molecule has 1 fully saturated rings. The number of aliphatic carboxylic acids is 1. The summed E-state index contributed by atoms with van der Waals surface area (Å²) in [6.07, 6.45) is 2.76. The molecule has 0 aliphatic carbocycles. The fourth-order valence-corrected chi connectivity index (χ4v) is 5.55. The minimum Gasteiger partial charge on any atom is -0.481 e. The lowest BCUT2D eigenvalue weighted by Crippen LogP contribution is -2.31. The summed E-state index contributed by atoms with van der Waals surface area (Å²) in [4.78, 5) is 37.2. The molecule has 17 nitrogen and oxygen atoms in total.